The van der Waals surface area contributed by atoms with E-state index in [-0.39, 0.29) is 0 Å². The number of rotatable bonds is 8. The predicted octanol–water partition coefficient (Wildman–Crippen LogP) is 9.08. The van der Waals surface area contributed by atoms with Crippen LogP contribution in [0.15, 0.2) is 11.6 Å². The summed E-state index contributed by atoms with van der Waals surface area (Å²) in [5.41, 5.74) is 1.90. The van der Waals surface area contributed by atoms with Crippen LogP contribution in [0.1, 0.15) is 104 Å². The third kappa shape index (κ3) is 6.21. The summed E-state index contributed by atoms with van der Waals surface area (Å²) in [5, 5.41) is 0. The van der Waals surface area contributed by atoms with Crippen molar-refractivity contribution in [1.82, 2.24) is 0 Å². The Balaban J connectivity index is 1.34. The maximum atomic E-state index is 6.42. The number of ether oxygens (including phenoxy) is 1. The number of alkyl halides is 2. The summed E-state index contributed by atoms with van der Waals surface area (Å²) in [4.78, 5) is 1.50. The molecule has 4 saturated carbocycles. The van der Waals surface area contributed by atoms with Crippen molar-refractivity contribution in [2.75, 3.05) is 6.61 Å². The van der Waals surface area contributed by atoms with E-state index in [0.29, 0.717) is 6.10 Å². The number of hydrogen-bond acceptors (Lipinski definition) is 1. The van der Waals surface area contributed by atoms with E-state index in [2.05, 4.69) is 51.8 Å². The van der Waals surface area contributed by atoms with Crippen LogP contribution in [0.4, 0.5) is 0 Å². The molecule has 4 aliphatic rings. The van der Waals surface area contributed by atoms with Gasteiger partial charge in [0.2, 0.25) is 0 Å². The SMILES string of the molecule is CCCCC(CC)COC1CCC(C=C2C3CC(Br)CCC3C3CCC(Br)CC23)CC1. The van der Waals surface area contributed by atoms with Gasteiger partial charge in [0.25, 0.3) is 0 Å². The van der Waals surface area contributed by atoms with Crippen molar-refractivity contribution in [1.29, 1.82) is 0 Å². The van der Waals surface area contributed by atoms with Crippen molar-refractivity contribution in [3.05, 3.63) is 11.6 Å². The molecule has 7 unspecified atom stereocenters. The van der Waals surface area contributed by atoms with Crippen LogP contribution in [0.25, 0.3) is 0 Å². The number of halogens is 2. The summed E-state index contributed by atoms with van der Waals surface area (Å²) in [6.07, 6.45) is 22.4. The van der Waals surface area contributed by atoms with Gasteiger partial charge in [0.15, 0.2) is 0 Å². The van der Waals surface area contributed by atoms with Gasteiger partial charge in [-0.3, -0.25) is 0 Å². The molecule has 178 valence electrons. The zero-order valence-corrected chi connectivity index (χ0v) is 23.2. The van der Waals surface area contributed by atoms with Crippen LogP contribution in [0.2, 0.25) is 0 Å². The molecular weight excluding hydrogens is 512 g/mol. The molecule has 0 spiro atoms. The van der Waals surface area contributed by atoms with E-state index in [1.54, 1.807) is 0 Å². The highest BCUT2D eigenvalue weighted by atomic mass is 79.9. The summed E-state index contributed by atoms with van der Waals surface area (Å²) in [5.74, 6) is 5.31. The Morgan fingerprint density at radius 3 is 2.03 bits per heavy atom. The predicted molar refractivity (Wildman–Crippen MR) is 140 cm³/mol. The standard InChI is InChI=1S/C28H46Br2O/c1-3-5-6-19(4-2)18-31-23-11-7-20(8-12-23)15-26-27-16-21(29)9-13-24(27)25-14-10-22(30)17-28(25)26/h15,19-25,27-28H,3-14,16-18H2,1-2H3. The van der Waals surface area contributed by atoms with Crippen LogP contribution >= 0.6 is 31.9 Å². The lowest BCUT2D eigenvalue weighted by molar-refractivity contribution is 0.000136. The minimum absolute atomic E-state index is 0.526. The van der Waals surface area contributed by atoms with Crippen LogP contribution < -0.4 is 0 Å². The Morgan fingerprint density at radius 2 is 1.48 bits per heavy atom. The fraction of sp³-hybridized carbons (Fsp3) is 0.929. The van der Waals surface area contributed by atoms with Crippen LogP contribution in [-0.4, -0.2) is 22.4 Å². The molecule has 0 bridgehead atoms. The Kier molecular flexibility index (Phi) is 9.49. The van der Waals surface area contributed by atoms with Crippen LogP contribution in [0.3, 0.4) is 0 Å². The molecule has 31 heavy (non-hydrogen) atoms. The second-order valence-corrected chi connectivity index (χ2v) is 13.9. The molecule has 3 heteroatoms. The lowest BCUT2D eigenvalue weighted by Crippen LogP contribution is -2.28. The highest BCUT2D eigenvalue weighted by Gasteiger charge is 2.50. The summed E-state index contributed by atoms with van der Waals surface area (Å²) >= 11 is 7.99. The highest BCUT2D eigenvalue weighted by molar-refractivity contribution is 9.09. The van der Waals surface area contributed by atoms with Crippen molar-refractivity contribution >= 4 is 31.9 Å². The molecule has 4 fully saturated rings. The van der Waals surface area contributed by atoms with Crippen LogP contribution in [-0.2, 0) is 4.74 Å². The van der Waals surface area contributed by atoms with Gasteiger partial charge in [0.1, 0.15) is 0 Å². The zero-order chi connectivity index (χ0) is 21.8. The Labute approximate surface area is 209 Å². The molecule has 0 N–H and O–H groups in total. The minimum Gasteiger partial charge on any atom is -0.378 e. The van der Waals surface area contributed by atoms with E-state index in [1.165, 1.54) is 89.9 Å². The normalized spacial score (nSPS) is 41.5. The molecule has 0 aromatic carbocycles. The van der Waals surface area contributed by atoms with Gasteiger partial charge in [-0.1, -0.05) is 76.6 Å². The summed E-state index contributed by atoms with van der Waals surface area (Å²) < 4.78 is 6.42. The van der Waals surface area contributed by atoms with Crippen LogP contribution in [0, 0.1) is 35.5 Å². The first-order valence-corrected chi connectivity index (χ1v) is 15.5. The number of allylic oxidation sites excluding steroid dienone is 2. The number of fused-ring (bicyclic) bond motifs is 3. The summed E-state index contributed by atoms with van der Waals surface area (Å²) in [7, 11) is 0. The number of unbranched alkanes of at least 4 members (excludes halogenated alkanes) is 1. The molecular formula is C28H46Br2O. The van der Waals surface area contributed by atoms with E-state index in [4.69, 9.17) is 4.74 Å². The van der Waals surface area contributed by atoms with Gasteiger partial charge in [-0.2, -0.15) is 0 Å². The molecule has 0 saturated heterocycles. The van der Waals surface area contributed by atoms with E-state index in [0.717, 1.165) is 51.8 Å². The van der Waals surface area contributed by atoms with Gasteiger partial charge in [-0.25, -0.2) is 0 Å². The van der Waals surface area contributed by atoms with Crippen LogP contribution in [0.5, 0.6) is 0 Å². The fourth-order valence-electron chi connectivity index (χ4n) is 7.46. The number of hydrogen-bond donors (Lipinski definition) is 0. The first kappa shape index (κ1) is 24.8. The first-order chi connectivity index (χ1) is 15.1. The second-order valence-electron chi connectivity index (χ2n) is 11.3. The van der Waals surface area contributed by atoms with Crippen molar-refractivity contribution in [2.45, 2.75) is 119 Å². The minimum atomic E-state index is 0.526. The van der Waals surface area contributed by atoms with E-state index >= 15 is 0 Å². The van der Waals surface area contributed by atoms with Gasteiger partial charge in [-0.05, 0) is 106 Å². The van der Waals surface area contributed by atoms with Crippen molar-refractivity contribution < 1.29 is 4.74 Å². The zero-order valence-electron chi connectivity index (χ0n) is 20.0. The largest absolute Gasteiger partial charge is 0.378 e. The van der Waals surface area contributed by atoms with Crippen molar-refractivity contribution in [3.63, 3.8) is 0 Å². The van der Waals surface area contributed by atoms with Gasteiger partial charge >= 0.3 is 0 Å². The maximum absolute atomic E-state index is 6.42. The molecule has 4 rings (SSSR count). The van der Waals surface area contributed by atoms with E-state index in [1.807, 2.05) is 5.57 Å². The Hall–Kier alpha value is 0.660. The molecule has 0 aromatic rings. The molecule has 0 heterocycles. The molecule has 0 aromatic heterocycles. The fourth-order valence-corrected chi connectivity index (χ4v) is 8.80. The highest BCUT2D eigenvalue weighted by Crippen LogP contribution is 2.58. The van der Waals surface area contributed by atoms with Crippen molar-refractivity contribution in [2.24, 2.45) is 35.5 Å². The van der Waals surface area contributed by atoms with Gasteiger partial charge in [0.05, 0.1) is 6.10 Å². The average Bonchev–Trinajstić information content (AvgIpc) is 3.07. The lowest BCUT2D eigenvalue weighted by Gasteiger charge is -2.34. The van der Waals surface area contributed by atoms with Gasteiger partial charge < -0.3 is 4.74 Å². The van der Waals surface area contributed by atoms with Gasteiger partial charge in [-0.15, -0.1) is 0 Å². The van der Waals surface area contributed by atoms with E-state index in [9.17, 15) is 0 Å². The molecule has 0 amide bonds. The molecule has 0 radical (unpaired) electrons. The molecule has 7 atom stereocenters. The average molecular weight is 558 g/mol. The van der Waals surface area contributed by atoms with Gasteiger partial charge in [0, 0.05) is 16.3 Å². The topological polar surface area (TPSA) is 9.23 Å². The third-order valence-electron chi connectivity index (χ3n) is 9.34. The Bertz CT molecular complexity index is 554. The molecule has 0 aliphatic heterocycles. The third-order valence-corrected chi connectivity index (χ3v) is 11.0. The van der Waals surface area contributed by atoms with E-state index < -0.39 is 0 Å². The maximum Gasteiger partial charge on any atom is 0.0575 e. The monoisotopic (exact) mass is 556 g/mol. The summed E-state index contributed by atoms with van der Waals surface area (Å²) in [6.45, 7) is 5.63. The first-order valence-electron chi connectivity index (χ1n) is 13.7. The second kappa shape index (κ2) is 11.9. The Morgan fingerprint density at radius 1 is 0.871 bits per heavy atom. The smallest absolute Gasteiger partial charge is 0.0575 e. The molecule has 4 aliphatic carbocycles. The molecule has 1 nitrogen and oxygen atoms in total. The van der Waals surface area contributed by atoms with Crippen molar-refractivity contribution in [3.8, 4) is 0 Å². The lowest BCUT2D eigenvalue weighted by atomic mass is 9.73. The summed E-state index contributed by atoms with van der Waals surface area (Å²) in [6, 6.07) is 0. The quantitative estimate of drug-likeness (QED) is 0.213.